The molecule has 0 radical (unpaired) electrons. The van der Waals surface area contributed by atoms with Gasteiger partial charge in [0.15, 0.2) is 0 Å². The van der Waals surface area contributed by atoms with Gasteiger partial charge in [-0.1, -0.05) is 6.07 Å². The van der Waals surface area contributed by atoms with Crippen molar-refractivity contribution in [1.82, 2.24) is 19.9 Å². The molecule has 0 unspecified atom stereocenters. The van der Waals surface area contributed by atoms with Gasteiger partial charge in [-0.2, -0.15) is 0 Å². The number of aryl methyl sites for hydroxylation is 1. The van der Waals surface area contributed by atoms with Gasteiger partial charge < -0.3 is 9.80 Å². The van der Waals surface area contributed by atoms with Gasteiger partial charge in [-0.3, -0.25) is 9.78 Å². The highest BCUT2D eigenvalue weighted by atomic mass is 16.2. The molecule has 3 rings (SSSR count). The lowest BCUT2D eigenvalue weighted by Crippen LogP contribution is -2.35. The topological polar surface area (TPSA) is 62.2 Å². The quantitative estimate of drug-likeness (QED) is 0.836. The molecule has 3 heterocycles. The molecule has 2 aromatic rings. The van der Waals surface area contributed by atoms with Crippen molar-refractivity contribution in [2.45, 2.75) is 31.6 Å². The first-order valence-electron chi connectivity index (χ1n) is 8.81. The van der Waals surface area contributed by atoms with Gasteiger partial charge >= 0.3 is 0 Å². The van der Waals surface area contributed by atoms with Crippen LogP contribution in [0, 0.1) is 0 Å². The van der Waals surface area contributed by atoms with Crippen molar-refractivity contribution in [2.24, 2.45) is 0 Å². The van der Waals surface area contributed by atoms with Crippen molar-refractivity contribution in [2.75, 3.05) is 32.1 Å². The maximum atomic E-state index is 11.8. The van der Waals surface area contributed by atoms with E-state index in [9.17, 15) is 4.79 Å². The average molecular weight is 339 g/mol. The Morgan fingerprint density at radius 1 is 1.24 bits per heavy atom. The van der Waals surface area contributed by atoms with Crippen molar-refractivity contribution in [3.8, 4) is 0 Å². The van der Waals surface area contributed by atoms with E-state index in [4.69, 9.17) is 4.98 Å². The number of hydrogen-bond acceptors (Lipinski definition) is 5. The zero-order chi connectivity index (χ0) is 17.6. The largest absolute Gasteiger partial charge is 0.349 e. The molecule has 1 aliphatic heterocycles. The second-order valence-corrected chi connectivity index (χ2v) is 6.68. The lowest BCUT2D eigenvalue weighted by Gasteiger charge is -2.32. The lowest BCUT2D eigenvalue weighted by atomic mass is 9.94. The third kappa shape index (κ3) is 4.53. The molecule has 6 heteroatoms. The molecule has 25 heavy (non-hydrogen) atoms. The van der Waals surface area contributed by atoms with E-state index in [1.54, 1.807) is 31.4 Å². The summed E-state index contributed by atoms with van der Waals surface area (Å²) in [4.78, 5) is 29.2. The first kappa shape index (κ1) is 17.3. The van der Waals surface area contributed by atoms with E-state index < -0.39 is 0 Å². The number of nitrogens with zero attached hydrogens (tertiary/aromatic N) is 5. The van der Waals surface area contributed by atoms with Gasteiger partial charge in [0.05, 0.1) is 0 Å². The fourth-order valence-corrected chi connectivity index (χ4v) is 3.18. The molecular weight excluding hydrogens is 314 g/mol. The standard InChI is InChI=1S/C19H25N5O/c1-23(2)18(25)10-9-16-7-3-8-17(22-16)15-6-4-13-24(14-15)19-20-11-5-12-21-19/h3,5,7-8,11-12,15H,4,6,9-10,13-14H2,1-2H3/t15-/m0/s1. The van der Waals surface area contributed by atoms with Gasteiger partial charge in [-0.05, 0) is 37.5 Å². The Bertz CT molecular complexity index is 704. The average Bonchev–Trinajstić information content (AvgIpc) is 2.67. The molecule has 0 aliphatic carbocycles. The maximum Gasteiger partial charge on any atom is 0.225 e. The van der Waals surface area contributed by atoms with Crippen molar-refractivity contribution in [3.63, 3.8) is 0 Å². The number of pyridine rings is 1. The monoisotopic (exact) mass is 339 g/mol. The highest BCUT2D eigenvalue weighted by Gasteiger charge is 2.24. The Labute approximate surface area is 148 Å². The fraction of sp³-hybridized carbons (Fsp3) is 0.474. The molecule has 1 atom stereocenters. The zero-order valence-electron chi connectivity index (χ0n) is 14.9. The molecule has 0 N–H and O–H groups in total. The highest BCUT2D eigenvalue weighted by molar-refractivity contribution is 5.75. The van der Waals surface area contributed by atoms with Crippen LogP contribution in [-0.2, 0) is 11.2 Å². The van der Waals surface area contributed by atoms with Gasteiger partial charge in [0.2, 0.25) is 11.9 Å². The Kier molecular flexibility index (Phi) is 5.58. The smallest absolute Gasteiger partial charge is 0.225 e. The van der Waals surface area contributed by atoms with Crippen molar-refractivity contribution in [1.29, 1.82) is 0 Å². The summed E-state index contributed by atoms with van der Waals surface area (Å²) in [6.45, 7) is 1.87. The van der Waals surface area contributed by atoms with E-state index in [1.165, 1.54) is 0 Å². The molecule has 0 bridgehead atoms. The van der Waals surface area contributed by atoms with Crippen LogP contribution < -0.4 is 4.90 Å². The second kappa shape index (κ2) is 8.05. The lowest BCUT2D eigenvalue weighted by molar-refractivity contribution is -0.128. The van der Waals surface area contributed by atoms with Crippen LogP contribution in [0.15, 0.2) is 36.7 Å². The molecule has 0 aromatic carbocycles. The predicted octanol–water partition coefficient (Wildman–Crippen LogP) is 2.28. The molecule has 1 fully saturated rings. The van der Waals surface area contributed by atoms with Crippen LogP contribution in [0.3, 0.4) is 0 Å². The molecule has 1 amide bonds. The normalized spacial score (nSPS) is 17.4. The Balaban J connectivity index is 1.67. The Morgan fingerprint density at radius 3 is 2.80 bits per heavy atom. The highest BCUT2D eigenvalue weighted by Crippen LogP contribution is 2.27. The number of aromatic nitrogens is 3. The number of carbonyl (C=O) groups excluding carboxylic acids is 1. The summed E-state index contributed by atoms with van der Waals surface area (Å²) in [5, 5.41) is 0. The summed E-state index contributed by atoms with van der Waals surface area (Å²) in [6.07, 6.45) is 6.98. The van der Waals surface area contributed by atoms with Gasteiger partial charge in [-0.15, -0.1) is 0 Å². The van der Waals surface area contributed by atoms with Crippen LogP contribution in [0.5, 0.6) is 0 Å². The fourth-order valence-electron chi connectivity index (χ4n) is 3.18. The molecule has 132 valence electrons. The third-order valence-electron chi connectivity index (χ3n) is 4.60. The van der Waals surface area contributed by atoms with E-state index in [-0.39, 0.29) is 5.91 Å². The summed E-state index contributed by atoms with van der Waals surface area (Å²) in [5.74, 6) is 1.30. The SMILES string of the molecule is CN(C)C(=O)CCc1cccc([C@H]2CCCN(c3ncccn3)C2)n1. The Hall–Kier alpha value is -2.50. The van der Waals surface area contributed by atoms with Crippen molar-refractivity contribution in [3.05, 3.63) is 48.0 Å². The zero-order valence-corrected chi connectivity index (χ0v) is 14.9. The molecule has 0 saturated carbocycles. The minimum absolute atomic E-state index is 0.136. The first-order chi connectivity index (χ1) is 12.1. The van der Waals surface area contributed by atoms with E-state index >= 15 is 0 Å². The summed E-state index contributed by atoms with van der Waals surface area (Å²) < 4.78 is 0. The van der Waals surface area contributed by atoms with Crippen molar-refractivity contribution < 1.29 is 4.79 Å². The third-order valence-corrected chi connectivity index (χ3v) is 4.60. The van der Waals surface area contributed by atoms with E-state index in [0.717, 1.165) is 43.3 Å². The van der Waals surface area contributed by atoms with Gasteiger partial charge in [0.1, 0.15) is 0 Å². The van der Waals surface area contributed by atoms with Crippen LogP contribution in [0.25, 0.3) is 0 Å². The maximum absolute atomic E-state index is 11.8. The number of anilines is 1. The summed E-state index contributed by atoms with van der Waals surface area (Å²) in [7, 11) is 3.57. The van der Waals surface area contributed by atoms with Crippen LogP contribution >= 0.6 is 0 Å². The summed E-state index contributed by atoms with van der Waals surface area (Å²) in [6, 6.07) is 7.99. The van der Waals surface area contributed by atoms with Gasteiger partial charge in [0, 0.05) is 63.3 Å². The van der Waals surface area contributed by atoms with Crippen LogP contribution in [0.4, 0.5) is 5.95 Å². The molecule has 2 aromatic heterocycles. The predicted molar refractivity (Wildman–Crippen MR) is 97.5 cm³/mol. The number of amides is 1. The number of hydrogen-bond donors (Lipinski definition) is 0. The van der Waals surface area contributed by atoms with E-state index in [0.29, 0.717) is 18.8 Å². The van der Waals surface area contributed by atoms with Crippen LogP contribution in [0.1, 0.15) is 36.6 Å². The minimum atomic E-state index is 0.136. The minimum Gasteiger partial charge on any atom is -0.349 e. The second-order valence-electron chi connectivity index (χ2n) is 6.68. The van der Waals surface area contributed by atoms with Gasteiger partial charge in [-0.25, -0.2) is 9.97 Å². The number of rotatable bonds is 5. The molecular formula is C19H25N5O. The number of piperidine rings is 1. The molecule has 1 aliphatic rings. The first-order valence-corrected chi connectivity index (χ1v) is 8.81. The summed E-state index contributed by atoms with van der Waals surface area (Å²) >= 11 is 0. The van der Waals surface area contributed by atoms with Crippen LogP contribution in [0.2, 0.25) is 0 Å². The molecule has 0 spiro atoms. The van der Waals surface area contributed by atoms with Crippen molar-refractivity contribution >= 4 is 11.9 Å². The van der Waals surface area contributed by atoms with E-state index in [2.05, 4.69) is 27.0 Å². The Morgan fingerprint density at radius 2 is 2.04 bits per heavy atom. The molecule has 6 nitrogen and oxygen atoms in total. The van der Waals surface area contributed by atoms with Crippen LogP contribution in [-0.4, -0.2) is 52.9 Å². The van der Waals surface area contributed by atoms with Gasteiger partial charge in [0.25, 0.3) is 0 Å². The summed E-state index contributed by atoms with van der Waals surface area (Å²) in [5.41, 5.74) is 2.09. The van der Waals surface area contributed by atoms with E-state index in [1.807, 2.05) is 12.1 Å². The number of carbonyl (C=O) groups is 1. The molecule has 1 saturated heterocycles.